The van der Waals surface area contributed by atoms with Crippen molar-refractivity contribution in [1.82, 2.24) is 0 Å². The van der Waals surface area contributed by atoms with E-state index in [0.29, 0.717) is 5.92 Å². The monoisotopic (exact) mass is 140 g/mol. The van der Waals surface area contributed by atoms with Gasteiger partial charge in [-0.1, -0.05) is 13.8 Å². The molecule has 0 heterocycles. The highest BCUT2D eigenvalue weighted by molar-refractivity contribution is 5.88. The first kappa shape index (κ1) is 7.58. The fourth-order valence-corrected chi connectivity index (χ4v) is 1.89. The van der Waals surface area contributed by atoms with Crippen LogP contribution in [0.25, 0.3) is 0 Å². The van der Waals surface area contributed by atoms with E-state index < -0.39 is 0 Å². The van der Waals surface area contributed by atoms with Crippen LogP contribution in [0.3, 0.4) is 0 Å². The third-order valence-corrected chi connectivity index (χ3v) is 2.58. The summed E-state index contributed by atoms with van der Waals surface area (Å²) >= 11 is 0. The Morgan fingerprint density at radius 1 is 1.70 bits per heavy atom. The average Bonchev–Trinajstić information content (AvgIpc) is 2.30. The Morgan fingerprint density at radius 2 is 2.40 bits per heavy atom. The minimum atomic E-state index is 0.671. The number of rotatable bonds is 1. The van der Waals surface area contributed by atoms with Crippen molar-refractivity contribution in [2.45, 2.75) is 33.1 Å². The van der Waals surface area contributed by atoms with Gasteiger partial charge in [-0.2, -0.15) is 5.10 Å². The topological polar surface area (TPSA) is 38.4 Å². The summed E-state index contributed by atoms with van der Waals surface area (Å²) in [7, 11) is 0. The first-order valence-electron chi connectivity index (χ1n) is 4.06. The van der Waals surface area contributed by atoms with E-state index in [1.165, 1.54) is 18.6 Å². The lowest BCUT2D eigenvalue weighted by molar-refractivity contribution is 0.468. The lowest BCUT2D eigenvalue weighted by Crippen LogP contribution is -2.12. The van der Waals surface area contributed by atoms with Crippen molar-refractivity contribution in [2.24, 2.45) is 22.8 Å². The summed E-state index contributed by atoms with van der Waals surface area (Å²) in [5.74, 6) is 6.72. The second-order valence-electron chi connectivity index (χ2n) is 3.15. The number of hydrazone groups is 1. The molecule has 10 heavy (non-hydrogen) atoms. The van der Waals surface area contributed by atoms with Crippen LogP contribution in [0.15, 0.2) is 5.10 Å². The van der Waals surface area contributed by atoms with Crippen molar-refractivity contribution < 1.29 is 0 Å². The van der Waals surface area contributed by atoms with Crippen LogP contribution in [-0.4, -0.2) is 5.71 Å². The van der Waals surface area contributed by atoms with E-state index in [4.69, 9.17) is 5.84 Å². The van der Waals surface area contributed by atoms with E-state index >= 15 is 0 Å². The minimum absolute atomic E-state index is 0.671. The summed E-state index contributed by atoms with van der Waals surface area (Å²) in [5, 5.41) is 3.81. The Hall–Kier alpha value is -0.530. The quantitative estimate of drug-likeness (QED) is 0.437. The van der Waals surface area contributed by atoms with Gasteiger partial charge in [0.2, 0.25) is 0 Å². The van der Waals surface area contributed by atoms with Gasteiger partial charge in [0.15, 0.2) is 0 Å². The van der Waals surface area contributed by atoms with Crippen molar-refractivity contribution in [1.29, 1.82) is 0 Å². The molecule has 58 valence electrons. The lowest BCUT2D eigenvalue weighted by atomic mass is 9.95. The van der Waals surface area contributed by atoms with E-state index in [1.807, 2.05) is 0 Å². The molecule has 1 fully saturated rings. The molecular weight excluding hydrogens is 124 g/mol. The lowest BCUT2D eigenvalue weighted by Gasteiger charge is -2.11. The molecule has 0 aromatic rings. The van der Waals surface area contributed by atoms with E-state index in [1.54, 1.807) is 0 Å². The summed E-state index contributed by atoms with van der Waals surface area (Å²) in [6.07, 6.45) is 3.59. The molecular formula is C8H16N2. The van der Waals surface area contributed by atoms with Crippen molar-refractivity contribution in [2.75, 3.05) is 0 Å². The fraction of sp³-hybridized carbons (Fsp3) is 0.875. The summed E-state index contributed by atoms with van der Waals surface area (Å²) in [6.45, 7) is 4.49. The molecule has 0 saturated heterocycles. The summed E-state index contributed by atoms with van der Waals surface area (Å²) < 4.78 is 0. The number of nitrogens with zero attached hydrogens (tertiary/aromatic N) is 1. The van der Waals surface area contributed by atoms with Crippen molar-refractivity contribution in [3.05, 3.63) is 0 Å². The molecule has 0 amide bonds. The molecule has 1 aliphatic rings. The van der Waals surface area contributed by atoms with Crippen LogP contribution in [-0.2, 0) is 0 Å². The first-order valence-corrected chi connectivity index (χ1v) is 4.06. The highest BCUT2D eigenvalue weighted by atomic mass is 15.1. The van der Waals surface area contributed by atoms with E-state index in [2.05, 4.69) is 18.9 Å². The van der Waals surface area contributed by atoms with E-state index in [9.17, 15) is 0 Å². The molecule has 0 spiro atoms. The van der Waals surface area contributed by atoms with Gasteiger partial charge in [0, 0.05) is 11.6 Å². The summed E-state index contributed by atoms with van der Waals surface area (Å²) in [6, 6.07) is 0. The van der Waals surface area contributed by atoms with E-state index in [-0.39, 0.29) is 0 Å². The van der Waals surface area contributed by atoms with Crippen molar-refractivity contribution in [3.63, 3.8) is 0 Å². The van der Waals surface area contributed by atoms with E-state index in [0.717, 1.165) is 12.3 Å². The molecule has 1 aliphatic carbocycles. The van der Waals surface area contributed by atoms with Crippen LogP contribution in [0.5, 0.6) is 0 Å². The maximum Gasteiger partial charge on any atom is 0.0409 e. The molecule has 0 radical (unpaired) electrons. The van der Waals surface area contributed by atoms with Gasteiger partial charge in [-0.3, -0.25) is 0 Å². The second-order valence-corrected chi connectivity index (χ2v) is 3.15. The standard InChI is InChI=1S/C8H16N2/c1-3-7-6(2)4-5-8(7)10-9/h6-7H,3-5,9H2,1-2H3/b10-8-/t6-,7+/m0/s1. The number of hydrogen-bond donors (Lipinski definition) is 1. The van der Waals surface area contributed by atoms with Gasteiger partial charge in [0.05, 0.1) is 0 Å². The van der Waals surface area contributed by atoms with Gasteiger partial charge in [0.1, 0.15) is 0 Å². The zero-order valence-electron chi connectivity index (χ0n) is 6.80. The maximum absolute atomic E-state index is 5.25. The second kappa shape index (κ2) is 3.04. The molecule has 0 aromatic heterocycles. The third kappa shape index (κ3) is 1.15. The maximum atomic E-state index is 5.25. The molecule has 2 atom stereocenters. The Kier molecular flexibility index (Phi) is 2.30. The number of nitrogens with two attached hydrogens (primary N) is 1. The predicted molar refractivity (Wildman–Crippen MR) is 43.8 cm³/mol. The summed E-state index contributed by atoms with van der Waals surface area (Å²) in [5.41, 5.74) is 1.23. The van der Waals surface area contributed by atoms with Crippen LogP contribution in [0.4, 0.5) is 0 Å². The Balaban J connectivity index is 2.63. The molecule has 1 saturated carbocycles. The molecule has 0 aliphatic heterocycles. The predicted octanol–water partition coefficient (Wildman–Crippen LogP) is 1.76. The smallest absolute Gasteiger partial charge is 0.0409 e. The highest BCUT2D eigenvalue weighted by Gasteiger charge is 2.27. The van der Waals surface area contributed by atoms with Gasteiger partial charge in [-0.15, -0.1) is 0 Å². The van der Waals surface area contributed by atoms with Crippen LogP contribution >= 0.6 is 0 Å². The Bertz CT molecular complexity index is 140. The minimum Gasteiger partial charge on any atom is -0.323 e. The average molecular weight is 140 g/mol. The van der Waals surface area contributed by atoms with Crippen molar-refractivity contribution in [3.8, 4) is 0 Å². The van der Waals surface area contributed by atoms with Gasteiger partial charge >= 0.3 is 0 Å². The zero-order valence-corrected chi connectivity index (χ0v) is 6.80. The Labute approximate surface area is 62.5 Å². The first-order chi connectivity index (χ1) is 4.79. The fourth-order valence-electron chi connectivity index (χ4n) is 1.89. The zero-order chi connectivity index (χ0) is 7.56. The summed E-state index contributed by atoms with van der Waals surface area (Å²) in [4.78, 5) is 0. The molecule has 0 bridgehead atoms. The van der Waals surface area contributed by atoms with Crippen LogP contribution in [0.1, 0.15) is 33.1 Å². The molecule has 0 unspecified atom stereocenters. The highest BCUT2D eigenvalue weighted by Crippen LogP contribution is 2.30. The Morgan fingerprint density at radius 3 is 2.80 bits per heavy atom. The van der Waals surface area contributed by atoms with Crippen LogP contribution in [0.2, 0.25) is 0 Å². The van der Waals surface area contributed by atoms with Crippen molar-refractivity contribution >= 4 is 5.71 Å². The largest absolute Gasteiger partial charge is 0.323 e. The molecule has 2 heteroatoms. The van der Waals surface area contributed by atoms with Gasteiger partial charge < -0.3 is 5.84 Å². The van der Waals surface area contributed by atoms with Gasteiger partial charge in [0.25, 0.3) is 0 Å². The van der Waals surface area contributed by atoms with Crippen LogP contribution in [0, 0.1) is 11.8 Å². The van der Waals surface area contributed by atoms with Crippen LogP contribution < -0.4 is 5.84 Å². The normalized spacial score (nSPS) is 37.2. The molecule has 1 rings (SSSR count). The molecule has 0 aromatic carbocycles. The van der Waals surface area contributed by atoms with Gasteiger partial charge in [-0.25, -0.2) is 0 Å². The molecule has 2 nitrogen and oxygen atoms in total. The third-order valence-electron chi connectivity index (χ3n) is 2.58. The van der Waals surface area contributed by atoms with Gasteiger partial charge in [-0.05, 0) is 25.2 Å². The SMILES string of the molecule is CC[C@H]1/C(=N\N)CC[C@@H]1C. The molecule has 2 N–H and O–H groups in total. The number of hydrogen-bond acceptors (Lipinski definition) is 2.